The Kier molecular flexibility index (Phi) is 6.94. The van der Waals surface area contributed by atoms with E-state index in [4.69, 9.17) is 5.73 Å². The number of carbonyl (C=O) groups excluding carboxylic acids is 2. The maximum Gasteiger partial charge on any atom is 0.387 e. The Morgan fingerprint density at radius 2 is 1.71 bits per heavy atom. The Hall–Kier alpha value is -1.72. The van der Waals surface area contributed by atoms with E-state index in [-0.39, 0.29) is 23.0 Å². The molecule has 0 spiro atoms. The number of alkyl halides is 2. The van der Waals surface area contributed by atoms with Crippen LogP contribution in [0, 0.1) is 0 Å². The molecule has 6 nitrogen and oxygen atoms in total. The van der Waals surface area contributed by atoms with Crippen LogP contribution in [0.25, 0.3) is 0 Å². The van der Waals surface area contributed by atoms with Crippen molar-refractivity contribution >= 4 is 46.6 Å². The molecule has 0 aliphatic rings. The molecule has 0 fully saturated rings. The van der Waals surface area contributed by atoms with Crippen molar-refractivity contribution in [1.29, 1.82) is 0 Å². The average molecular weight is 391 g/mol. The van der Waals surface area contributed by atoms with Crippen molar-refractivity contribution in [3.8, 4) is 5.75 Å². The van der Waals surface area contributed by atoms with Crippen LogP contribution < -0.4 is 10.5 Å². The van der Waals surface area contributed by atoms with Crippen LogP contribution in [0.3, 0.4) is 0 Å². The monoisotopic (exact) mass is 391 g/mol. The van der Waals surface area contributed by atoms with Crippen molar-refractivity contribution in [2.75, 3.05) is 11.5 Å². The van der Waals surface area contributed by atoms with Gasteiger partial charge in [0.2, 0.25) is 5.91 Å². The number of thioether (sulfide) groups is 2. The van der Waals surface area contributed by atoms with Gasteiger partial charge in [0.1, 0.15) is 5.75 Å². The summed E-state index contributed by atoms with van der Waals surface area (Å²) in [6.07, 6.45) is 0. The van der Waals surface area contributed by atoms with Crippen LogP contribution in [0.2, 0.25) is 0 Å². The summed E-state index contributed by atoms with van der Waals surface area (Å²) in [7, 11) is 0. The maximum absolute atomic E-state index is 12.1. The van der Waals surface area contributed by atoms with Crippen LogP contribution in [-0.4, -0.2) is 40.0 Å². The van der Waals surface area contributed by atoms with Gasteiger partial charge in [-0.25, -0.2) is 0 Å². The third-order valence-corrected chi connectivity index (χ3v) is 5.67. The highest BCUT2D eigenvalue weighted by molar-refractivity contribution is 8.03. The first-order valence-corrected chi connectivity index (χ1v) is 9.18. The molecule has 24 heavy (non-hydrogen) atoms. The number of primary amides is 1. The van der Waals surface area contributed by atoms with Gasteiger partial charge in [0.25, 0.3) is 0 Å². The molecule has 0 bridgehead atoms. The largest absolute Gasteiger partial charge is 0.435 e. The number of hydrogen-bond donors (Lipinski definition) is 1. The Bertz CT molecular complexity index is 710. The molecule has 0 saturated heterocycles. The third kappa shape index (κ3) is 6.06. The number of rotatable bonds is 9. The summed E-state index contributed by atoms with van der Waals surface area (Å²) in [5, 5.41) is 7.79. The standard InChI is InChI=1S/C13H11F2N3O3S3/c14-11(15)21-8-3-1-7(2-4-8)9(19)5-22-12-17-18-13(24-12)23-6-10(16)20/h1-4,11H,5-6H2,(H2,16,20). The fourth-order valence-electron chi connectivity index (χ4n) is 1.48. The molecule has 2 N–H and O–H groups in total. The number of ketones is 1. The molecule has 128 valence electrons. The summed E-state index contributed by atoms with van der Waals surface area (Å²) < 4.78 is 29.5. The van der Waals surface area contributed by atoms with E-state index in [9.17, 15) is 18.4 Å². The van der Waals surface area contributed by atoms with Crippen LogP contribution in [0.5, 0.6) is 5.75 Å². The number of carbonyl (C=O) groups is 2. The Morgan fingerprint density at radius 3 is 2.25 bits per heavy atom. The first-order chi connectivity index (χ1) is 11.4. The number of ether oxygens (including phenoxy) is 1. The molecule has 2 rings (SSSR count). The smallest absolute Gasteiger partial charge is 0.387 e. The maximum atomic E-state index is 12.1. The van der Waals surface area contributed by atoms with Crippen LogP contribution in [0.1, 0.15) is 10.4 Å². The molecule has 1 aromatic heterocycles. The third-order valence-electron chi connectivity index (χ3n) is 2.45. The second kappa shape index (κ2) is 8.94. The van der Waals surface area contributed by atoms with Crippen LogP contribution in [-0.2, 0) is 4.79 Å². The first-order valence-electron chi connectivity index (χ1n) is 6.39. The summed E-state index contributed by atoms with van der Waals surface area (Å²) >= 11 is 3.65. The van der Waals surface area contributed by atoms with E-state index in [0.717, 1.165) is 0 Å². The van der Waals surface area contributed by atoms with Crippen molar-refractivity contribution in [1.82, 2.24) is 10.2 Å². The molecule has 1 amide bonds. The number of nitrogens with zero attached hydrogens (tertiary/aromatic N) is 2. The predicted molar refractivity (Wildman–Crippen MR) is 88.0 cm³/mol. The van der Waals surface area contributed by atoms with Crippen molar-refractivity contribution in [2.24, 2.45) is 5.73 Å². The van der Waals surface area contributed by atoms with Crippen molar-refractivity contribution in [3.05, 3.63) is 29.8 Å². The van der Waals surface area contributed by atoms with Gasteiger partial charge in [0.05, 0.1) is 11.5 Å². The lowest BCUT2D eigenvalue weighted by molar-refractivity contribution is -0.115. The van der Waals surface area contributed by atoms with Crippen molar-refractivity contribution in [2.45, 2.75) is 15.3 Å². The summed E-state index contributed by atoms with van der Waals surface area (Å²) in [6.45, 7) is -2.90. The lowest BCUT2D eigenvalue weighted by Gasteiger charge is -2.04. The molecule has 0 aliphatic heterocycles. The minimum absolute atomic E-state index is 0.00514. The topological polar surface area (TPSA) is 95.2 Å². The quantitative estimate of drug-likeness (QED) is 0.519. The van der Waals surface area contributed by atoms with Crippen LogP contribution >= 0.6 is 34.9 Å². The molecule has 0 unspecified atom stereocenters. The normalized spacial score (nSPS) is 10.8. The molecule has 0 saturated carbocycles. The van der Waals surface area contributed by atoms with E-state index in [2.05, 4.69) is 14.9 Å². The number of Topliss-reactive ketones (excluding diaryl/α,β-unsaturated/α-hetero) is 1. The van der Waals surface area contributed by atoms with Gasteiger partial charge in [-0.2, -0.15) is 8.78 Å². The van der Waals surface area contributed by atoms with E-state index in [1.54, 1.807) is 0 Å². The van der Waals surface area contributed by atoms with Gasteiger partial charge in [-0.1, -0.05) is 34.9 Å². The van der Waals surface area contributed by atoms with Gasteiger partial charge in [-0.05, 0) is 24.3 Å². The Balaban J connectivity index is 1.85. The average Bonchev–Trinajstić information content (AvgIpc) is 2.99. The lowest BCUT2D eigenvalue weighted by atomic mass is 10.1. The molecular formula is C13H11F2N3O3S3. The lowest BCUT2D eigenvalue weighted by Crippen LogP contribution is -2.12. The van der Waals surface area contributed by atoms with Gasteiger partial charge < -0.3 is 10.5 Å². The second-order valence-corrected chi connectivity index (χ2v) is 7.63. The highest BCUT2D eigenvalue weighted by Gasteiger charge is 2.12. The molecule has 0 aliphatic carbocycles. The van der Waals surface area contributed by atoms with Crippen LogP contribution in [0.4, 0.5) is 8.78 Å². The number of nitrogens with two attached hydrogens (primary N) is 1. The van der Waals surface area contributed by atoms with Gasteiger partial charge >= 0.3 is 6.61 Å². The molecule has 11 heteroatoms. The molecule has 1 aromatic carbocycles. The Morgan fingerprint density at radius 1 is 1.12 bits per heavy atom. The van der Waals surface area contributed by atoms with Gasteiger partial charge in [0, 0.05) is 5.56 Å². The number of aromatic nitrogens is 2. The second-order valence-electron chi connectivity index (χ2n) is 4.20. The highest BCUT2D eigenvalue weighted by atomic mass is 32.2. The van der Waals surface area contributed by atoms with Gasteiger partial charge in [-0.15, -0.1) is 10.2 Å². The van der Waals surface area contributed by atoms with Gasteiger partial charge in [-0.3, -0.25) is 9.59 Å². The minimum Gasteiger partial charge on any atom is -0.435 e. The summed E-state index contributed by atoms with van der Waals surface area (Å²) in [5.41, 5.74) is 5.43. The van der Waals surface area contributed by atoms with E-state index in [0.29, 0.717) is 14.2 Å². The van der Waals surface area contributed by atoms with E-state index in [1.165, 1.54) is 59.1 Å². The first kappa shape index (κ1) is 18.6. The number of benzene rings is 1. The summed E-state index contributed by atoms with van der Waals surface area (Å²) in [4.78, 5) is 22.7. The number of halogens is 2. The molecule has 1 heterocycles. The molecule has 0 radical (unpaired) electrons. The van der Waals surface area contributed by atoms with E-state index in [1.807, 2.05) is 0 Å². The van der Waals surface area contributed by atoms with E-state index < -0.39 is 12.5 Å². The molecule has 0 atom stereocenters. The Labute approximate surface area is 148 Å². The minimum atomic E-state index is -2.90. The summed E-state index contributed by atoms with van der Waals surface area (Å²) in [6, 6.07) is 5.48. The fourth-order valence-corrected chi connectivity index (χ4v) is 4.13. The zero-order valence-corrected chi connectivity index (χ0v) is 14.4. The summed E-state index contributed by atoms with van der Waals surface area (Å²) in [5.74, 6) is -0.381. The highest BCUT2D eigenvalue weighted by Crippen LogP contribution is 2.29. The number of hydrogen-bond acceptors (Lipinski definition) is 8. The SMILES string of the molecule is NC(=O)CSc1nnc(SCC(=O)c2ccc(OC(F)F)cc2)s1. The van der Waals surface area contributed by atoms with Crippen molar-refractivity contribution < 1.29 is 23.1 Å². The molecular weight excluding hydrogens is 380 g/mol. The van der Waals surface area contributed by atoms with Gasteiger partial charge in [0.15, 0.2) is 14.5 Å². The van der Waals surface area contributed by atoms with E-state index >= 15 is 0 Å². The zero-order valence-electron chi connectivity index (χ0n) is 12.0. The van der Waals surface area contributed by atoms with Crippen LogP contribution in [0.15, 0.2) is 32.9 Å². The number of amides is 1. The predicted octanol–water partition coefficient (Wildman–Crippen LogP) is 2.69. The van der Waals surface area contributed by atoms with Crippen molar-refractivity contribution in [3.63, 3.8) is 0 Å². The molecule has 2 aromatic rings. The fraction of sp³-hybridized carbons (Fsp3) is 0.231. The zero-order chi connectivity index (χ0) is 17.5.